The van der Waals surface area contributed by atoms with Gasteiger partial charge in [-0.25, -0.2) is 0 Å². The van der Waals surface area contributed by atoms with Gasteiger partial charge in [-0.15, -0.1) is 0 Å². The first kappa shape index (κ1) is 24.8. The zero-order valence-corrected chi connectivity index (χ0v) is 20.3. The Balaban J connectivity index is 1.74. The molecule has 0 heterocycles. The van der Waals surface area contributed by atoms with Crippen molar-refractivity contribution in [3.05, 3.63) is 65.2 Å². The maximum atomic E-state index is 13.4. The second kappa shape index (κ2) is 12.4. The predicted octanol–water partition coefficient (Wildman–Crippen LogP) is 5.19. The normalized spacial score (nSPS) is 15.0. The smallest absolute Gasteiger partial charge is 0.243 e. The van der Waals surface area contributed by atoms with Crippen molar-refractivity contribution in [2.24, 2.45) is 0 Å². The third-order valence-electron chi connectivity index (χ3n) is 6.60. The molecule has 3 rings (SSSR count). The molecule has 33 heavy (non-hydrogen) atoms. The molecule has 5 nitrogen and oxygen atoms in total. The molecule has 0 spiro atoms. The van der Waals surface area contributed by atoms with Crippen molar-refractivity contribution < 1.29 is 14.3 Å². The quantitative estimate of drug-likeness (QED) is 0.542. The van der Waals surface area contributed by atoms with E-state index in [1.165, 1.54) is 12.0 Å². The standard InChI is InChI=1S/C28H38N2O3/c1-4-26(28(32)29-24-8-6-5-7-9-24)30(20-23-14-17-25(33-3)18-15-23)27(31)19-16-22-12-10-21(2)11-13-22/h10-15,17-18,24,26H,4-9,16,19-20H2,1-3H3,(H,29,32). The topological polar surface area (TPSA) is 58.6 Å². The van der Waals surface area contributed by atoms with E-state index in [4.69, 9.17) is 4.74 Å². The summed E-state index contributed by atoms with van der Waals surface area (Å²) in [5.74, 6) is 0.761. The maximum absolute atomic E-state index is 13.4. The summed E-state index contributed by atoms with van der Waals surface area (Å²) in [6, 6.07) is 15.8. The van der Waals surface area contributed by atoms with E-state index in [1.54, 1.807) is 12.0 Å². The molecule has 1 atom stereocenters. The van der Waals surface area contributed by atoms with E-state index in [0.717, 1.165) is 42.6 Å². The Hall–Kier alpha value is -2.82. The van der Waals surface area contributed by atoms with Crippen LogP contribution in [0.25, 0.3) is 0 Å². The highest BCUT2D eigenvalue weighted by Gasteiger charge is 2.30. The molecular weight excluding hydrogens is 412 g/mol. The van der Waals surface area contributed by atoms with Gasteiger partial charge in [0.2, 0.25) is 11.8 Å². The summed E-state index contributed by atoms with van der Waals surface area (Å²) in [5.41, 5.74) is 3.33. The molecule has 0 bridgehead atoms. The van der Waals surface area contributed by atoms with Crippen molar-refractivity contribution in [1.82, 2.24) is 10.2 Å². The molecule has 2 aromatic carbocycles. The molecule has 2 aromatic rings. The molecule has 0 radical (unpaired) electrons. The number of ether oxygens (including phenoxy) is 1. The summed E-state index contributed by atoms with van der Waals surface area (Å²) in [4.78, 5) is 28.5. The van der Waals surface area contributed by atoms with Gasteiger partial charge in [-0.2, -0.15) is 0 Å². The highest BCUT2D eigenvalue weighted by molar-refractivity contribution is 5.88. The minimum Gasteiger partial charge on any atom is -0.497 e. The van der Waals surface area contributed by atoms with E-state index < -0.39 is 6.04 Å². The van der Waals surface area contributed by atoms with Crippen molar-refractivity contribution >= 4 is 11.8 Å². The zero-order chi connectivity index (χ0) is 23.6. The molecule has 0 aliphatic heterocycles. The Morgan fingerprint density at radius 2 is 1.64 bits per heavy atom. The van der Waals surface area contributed by atoms with Gasteiger partial charge in [-0.3, -0.25) is 9.59 Å². The highest BCUT2D eigenvalue weighted by Crippen LogP contribution is 2.20. The van der Waals surface area contributed by atoms with Crippen LogP contribution in [-0.4, -0.2) is 35.9 Å². The van der Waals surface area contributed by atoms with Crippen molar-refractivity contribution in [3.63, 3.8) is 0 Å². The zero-order valence-electron chi connectivity index (χ0n) is 20.3. The summed E-state index contributed by atoms with van der Waals surface area (Å²) in [6.45, 7) is 4.45. The van der Waals surface area contributed by atoms with E-state index in [-0.39, 0.29) is 17.9 Å². The van der Waals surface area contributed by atoms with E-state index >= 15 is 0 Å². The Bertz CT molecular complexity index is 886. The molecule has 178 valence electrons. The first-order chi connectivity index (χ1) is 16.0. The van der Waals surface area contributed by atoms with Crippen molar-refractivity contribution in [2.45, 2.75) is 83.8 Å². The molecule has 1 aliphatic carbocycles. The lowest BCUT2D eigenvalue weighted by Gasteiger charge is -2.33. The molecular formula is C28H38N2O3. The van der Waals surface area contributed by atoms with Crippen LogP contribution in [0.15, 0.2) is 48.5 Å². The second-order valence-electron chi connectivity index (χ2n) is 9.12. The van der Waals surface area contributed by atoms with Crippen LogP contribution in [0.3, 0.4) is 0 Å². The van der Waals surface area contributed by atoms with Crippen LogP contribution in [0.1, 0.15) is 68.6 Å². The summed E-state index contributed by atoms with van der Waals surface area (Å²) in [6.07, 6.45) is 7.25. The average Bonchev–Trinajstić information content (AvgIpc) is 2.84. The van der Waals surface area contributed by atoms with Gasteiger partial charge >= 0.3 is 0 Å². The van der Waals surface area contributed by atoms with Crippen LogP contribution >= 0.6 is 0 Å². The van der Waals surface area contributed by atoms with Crippen LogP contribution in [0.4, 0.5) is 0 Å². The molecule has 1 N–H and O–H groups in total. The van der Waals surface area contributed by atoms with Crippen LogP contribution in [0.5, 0.6) is 5.75 Å². The largest absolute Gasteiger partial charge is 0.497 e. The Kier molecular flexibility index (Phi) is 9.35. The SMILES string of the molecule is CCC(C(=O)NC1CCCCC1)N(Cc1ccc(OC)cc1)C(=O)CCc1ccc(C)cc1. The minimum atomic E-state index is -0.473. The van der Waals surface area contributed by atoms with Crippen molar-refractivity contribution in [2.75, 3.05) is 7.11 Å². The van der Waals surface area contributed by atoms with Gasteiger partial charge in [0.05, 0.1) is 7.11 Å². The molecule has 1 fully saturated rings. The van der Waals surface area contributed by atoms with E-state index in [1.807, 2.05) is 31.2 Å². The number of nitrogens with one attached hydrogen (secondary N) is 1. The average molecular weight is 451 g/mol. The molecule has 5 heteroatoms. The van der Waals surface area contributed by atoms with E-state index in [2.05, 4.69) is 36.5 Å². The van der Waals surface area contributed by atoms with Gasteiger partial charge in [0, 0.05) is 19.0 Å². The number of carbonyl (C=O) groups excluding carboxylic acids is 2. The van der Waals surface area contributed by atoms with Crippen LogP contribution in [0, 0.1) is 6.92 Å². The fourth-order valence-electron chi connectivity index (χ4n) is 4.54. The number of amides is 2. The molecule has 1 aliphatic rings. The second-order valence-corrected chi connectivity index (χ2v) is 9.12. The maximum Gasteiger partial charge on any atom is 0.243 e. The summed E-state index contributed by atoms with van der Waals surface area (Å²) < 4.78 is 5.26. The number of nitrogens with zero attached hydrogens (tertiary/aromatic N) is 1. The number of benzene rings is 2. The van der Waals surface area contributed by atoms with Gasteiger partial charge < -0.3 is 15.0 Å². The minimum absolute atomic E-state index is 0.0111. The molecule has 0 aromatic heterocycles. The Morgan fingerprint density at radius 3 is 2.24 bits per heavy atom. The third kappa shape index (κ3) is 7.34. The van der Waals surface area contributed by atoms with Crippen molar-refractivity contribution in [3.8, 4) is 5.75 Å². The Morgan fingerprint density at radius 1 is 1.00 bits per heavy atom. The lowest BCUT2D eigenvalue weighted by atomic mass is 9.95. The number of hydrogen-bond acceptors (Lipinski definition) is 3. The molecule has 1 unspecified atom stereocenters. The first-order valence-corrected chi connectivity index (χ1v) is 12.3. The van der Waals surface area contributed by atoms with E-state index in [0.29, 0.717) is 25.8 Å². The number of carbonyl (C=O) groups is 2. The van der Waals surface area contributed by atoms with Gasteiger partial charge in [0.15, 0.2) is 0 Å². The van der Waals surface area contributed by atoms with Gasteiger partial charge in [-0.05, 0) is 55.9 Å². The molecule has 2 amide bonds. The fraction of sp³-hybridized carbons (Fsp3) is 0.500. The fourth-order valence-corrected chi connectivity index (χ4v) is 4.54. The number of methoxy groups -OCH3 is 1. The lowest BCUT2D eigenvalue weighted by molar-refractivity contribution is -0.141. The summed E-state index contributed by atoms with van der Waals surface area (Å²) >= 11 is 0. The number of aryl methyl sites for hydroxylation is 2. The van der Waals surface area contributed by atoms with Gasteiger partial charge in [0.1, 0.15) is 11.8 Å². The predicted molar refractivity (Wildman–Crippen MR) is 132 cm³/mol. The highest BCUT2D eigenvalue weighted by atomic mass is 16.5. The summed E-state index contributed by atoms with van der Waals surface area (Å²) in [5, 5.41) is 3.24. The first-order valence-electron chi connectivity index (χ1n) is 12.3. The van der Waals surface area contributed by atoms with Crippen LogP contribution in [-0.2, 0) is 22.6 Å². The summed E-state index contributed by atoms with van der Waals surface area (Å²) in [7, 11) is 1.64. The molecule has 1 saturated carbocycles. The number of rotatable bonds is 10. The number of hydrogen-bond donors (Lipinski definition) is 1. The lowest BCUT2D eigenvalue weighted by Crippen LogP contribution is -2.51. The Labute approximate surface area is 198 Å². The van der Waals surface area contributed by atoms with Gasteiger partial charge in [-0.1, -0.05) is 68.1 Å². The third-order valence-corrected chi connectivity index (χ3v) is 6.60. The monoisotopic (exact) mass is 450 g/mol. The van der Waals surface area contributed by atoms with Crippen LogP contribution < -0.4 is 10.1 Å². The van der Waals surface area contributed by atoms with E-state index in [9.17, 15) is 9.59 Å². The van der Waals surface area contributed by atoms with Crippen LogP contribution in [0.2, 0.25) is 0 Å². The van der Waals surface area contributed by atoms with Crippen molar-refractivity contribution in [1.29, 1.82) is 0 Å². The van der Waals surface area contributed by atoms with Gasteiger partial charge in [0.25, 0.3) is 0 Å². The molecule has 0 saturated heterocycles.